The second kappa shape index (κ2) is 9.20. The van der Waals surface area contributed by atoms with E-state index >= 15 is 0 Å². The number of methoxy groups -OCH3 is 1. The molecule has 2 aliphatic heterocycles. The lowest BCUT2D eigenvalue weighted by Gasteiger charge is -2.22. The van der Waals surface area contributed by atoms with Crippen molar-refractivity contribution in [1.29, 1.82) is 0 Å². The molecule has 2 fully saturated rings. The number of imide groups is 1. The van der Waals surface area contributed by atoms with Crippen LogP contribution >= 0.6 is 35.0 Å². The van der Waals surface area contributed by atoms with Crippen LogP contribution in [0.5, 0.6) is 5.75 Å². The SMILES string of the molecule is COc1c(Cl)cc(Cl)cc1/C=C1\SC(=O)N(CC(=O)N2CCCCCC2)C1=O. The van der Waals surface area contributed by atoms with Crippen molar-refractivity contribution in [3.8, 4) is 5.75 Å². The number of halogens is 2. The summed E-state index contributed by atoms with van der Waals surface area (Å²) in [5, 5.41) is 0.218. The number of nitrogens with zero attached hydrogens (tertiary/aromatic N) is 2. The summed E-state index contributed by atoms with van der Waals surface area (Å²) in [6, 6.07) is 3.13. The van der Waals surface area contributed by atoms with Gasteiger partial charge in [-0.15, -0.1) is 0 Å². The maximum atomic E-state index is 12.7. The molecule has 0 aliphatic carbocycles. The molecule has 0 spiro atoms. The van der Waals surface area contributed by atoms with Gasteiger partial charge in [-0.3, -0.25) is 19.3 Å². The molecule has 0 saturated carbocycles. The zero-order valence-electron chi connectivity index (χ0n) is 15.4. The van der Waals surface area contributed by atoms with Crippen molar-refractivity contribution in [2.75, 3.05) is 26.7 Å². The van der Waals surface area contributed by atoms with Gasteiger partial charge in [0.25, 0.3) is 11.1 Å². The highest BCUT2D eigenvalue weighted by Gasteiger charge is 2.37. The Morgan fingerprint density at radius 2 is 1.86 bits per heavy atom. The molecule has 3 rings (SSSR count). The molecule has 0 unspecified atom stereocenters. The normalized spacial score (nSPS) is 19.3. The Kier molecular flexibility index (Phi) is 6.91. The summed E-state index contributed by atoms with van der Waals surface area (Å²) in [6.07, 6.45) is 5.60. The van der Waals surface area contributed by atoms with Crippen LogP contribution in [0.25, 0.3) is 6.08 Å². The van der Waals surface area contributed by atoms with Crippen LogP contribution in [0.4, 0.5) is 4.79 Å². The second-order valence-corrected chi connectivity index (χ2v) is 8.41. The number of likely N-dealkylation sites (tertiary alicyclic amines) is 1. The summed E-state index contributed by atoms with van der Waals surface area (Å²) >= 11 is 12.9. The van der Waals surface area contributed by atoms with Crippen molar-refractivity contribution in [1.82, 2.24) is 9.80 Å². The van der Waals surface area contributed by atoms with Crippen LogP contribution < -0.4 is 4.74 Å². The predicted molar refractivity (Wildman–Crippen MR) is 111 cm³/mol. The summed E-state index contributed by atoms with van der Waals surface area (Å²) in [5.41, 5.74) is 0.490. The number of thioether (sulfide) groups is 1. The van der Waals surface area contributed by atoms with Gasteiger partial charge in [0.1, 0.15) is 12.3 Å². The van der Waals surface area contributed by atoms with E-state index in [-0.39, 0.29) is 17.4 Å². The lowest BCUT2D eigenvalue weighted by Crippen LogP contribution is -2.42. The fourth-order valence-electron chi connectivity index (χ4n) is 3.24. The summed E-state index contributed by atoms with van der Waals surface area (Å²) < 4.78 is 5.27. The summed E-state index contributed by atoms with van der Waals surface area (Å²) in [4.78, 5) is 40.5. The molecule has 1 aromatic carbocycles. The minimum atomic E-state index is -0.503. The zero-order chi connectivity index (χ0) is 20.3. The average molecular weight is 443 g/mol. The molecule has 0 radical (unpaired) electrons. The molecule has 0 N–H and O–H groups in total. The van der Waals surface area contributed by atoms with Crippen LogP contribution in [-0.2, 0) is 9.59 Å². The number of hydrogen-bond acceptors (Lipinski definition) is 5. The quantitative estimate of drug-likeness (QED) is 0.644. The first kappa shape index (κ1) is 21.0. The molecule has 2 heterocycles. The van der Waals surface area contributed by atoms with Crippen LogP contribution in [0.1, 0.15) is 31.2 Å². The van der Waals surface area contributed by atoms with Gasteiger partial charge in [-0.05, 0) is 42.8 Å². The number of ether oxygens (including phenoxy) is 1. The first-order valence-electron chi connectivity index (χ1n) is 8.97. The van der Waals surface area contributed by atoms with Crippen molar-refractivity contribution < 1.29 is 19.1 Å². The highest BCUT2D eigenvalue weighted by atomic mass is 35.5. The number of hydrogen-bond donors (Lipinski definition) is 0. The number of rotatable bonds is 4. The molecule has 0 atom stereocenters. The molecule has 6 nitrogen and oxygen atoms in total. The van der Waals surface area contributed by atoms with Gasteiger partial charge < -0.3 is 9.64 Å². The first-order chi connectivity index (χ1) is 13.4. The third-order valence-electron chi connectivity index (χ3n) is 4.65. The van der Waals surface area contributed by atoms with E-state index in [2.05, 4.69) is 0 Å². The number of amides is 3. The van der Waals surface area contributed by atoms with Crippen LogP contribution in [0.3, 0.4) is 0 Å². The third-order valence-corrected chi connectivity index (χ3v) is 6.06. The highest BCUT2D eigenvalue weighted by molar-refractivity contribution is 8.18. The lowest BCUT2D eigenvalue weighted by molar-refractivity contribution is -0.135. The summed E-state index contributed by atoms with van der Waals surface area (Å²) in [7, 11) is 1.46. The molecular weight excluding hydrogens is 423 g/mol. The average Bonchev–Trinajstić information content (AvgIpc) is 2.85. The topological polar surface area (TPSA) is 66.9 Å². The number of benzene rings is 1. The van der Waals surface area contributed by atoms with Crippen LogP contribution in [0.2, 0.25) is 10.0 Å². The molecule has 3 amide bonds. The van der Waals surface area contributed by atoms with E-state index in [0.29, 0.717) is 34.4 Å². The van der Waals surface area contributed by atoms with Gasteiger partial charge >= 0.3 is 0 Å². The number of carbonyl (C=O) groups is 3. The fraction of sp³-hybridized carbons (Fsp3) is 0.421. The summed E-state index contributed by atoms with van der Waals surface area (Å²) in [5.74, 6) is -0.344. The minimum Gasteiger partial charge on any atom is -0.495 e. The van der Waals surface area contributed by atoms with Gasteiger partial charge in [0, 0.05) is 23.7 Å². The van der Waals surface area contributed by atoms with E-state index in [1.165, 1.54) is 19.3 Å². The van der Waals surface area contributed by atoms with Crippen molar-refractivity contribution in [2.45, 2.75) is 25.7 Å². The Morgan fingerprint density at radius 1 is 1.18 bits per heavy atom. The fourth-order valence-corrected chi connectivity index (χ4v) is 4.65. The van der Waals surface area contributed by atoms with Gasteiger partial charge in [-0.1, -0.05) is 36.0 Å². The van der Waals surface area contributed by atoms with Crippen LogP contribution in [-0.4, -0.2) is 53.6 Å². The Hall–Kier alpha value is -1.70. The van der Waals surface area contributed by atoms with E-state index in [1.54, 1.807) is 11.0 Å². The minimum absolute atomic E-state index is 0.199. The molecular formula is C19H20Cl2N2O4S. The molecule has 0 bridgehead atoms. The van der Waals surface area contributed by atoms with Gasteiger partial charge in [0.05, 0.1) is 17.0 Å². The second-order valence-electron chi connectivity index (χ2n) is 6.57. The molecule has 2 aliphatic rings. The largest absolute Gasteiger partial charge is 0.495 e. The molecule has 1 aromatic rings. The zero-order valence-corrected chi connectivity index (χ0v) is 17.7. The van der Waals surface area contributed by atoms with E-state index < -0.39 is 11.1 Å². The highest BCUT2D eigenvalue weighted by Crippen LogP contribution is 2.37. The molecule has 150 valence electrons. The van der Waals surface area contributed by atoms with E-state index in [0.717, 1.165) is 42.3 Å². The number of carbonyl (C=O) groups excluding carboxylic acids is 3. The van der Waals surface area contributed by atoms with Crippen molar-refractivity contribution in [3.63, 3.8) is 0 Å². The van der Waals surface area contributed by atoms with Gasteiger partial charge in [0.2, 0.25) is 5.91 Å². The summed E-state index contributed by atoms with van der Waals surface area (Å²) in [6.45, 7) is 1.10. The standard InChI is InChI=1S/C19H20Cl2N2O4S/c1-27-17-12(8-13(20)10-14(17)21)9-15-18(25)23(19(26)28-15)11-16(24)22-6-4-2-3-5-7-22/h8-10H,2-7,11H2,1H3/b15-9-. The first-order valence-corrected chi connectivity index (χ1v) is 10.5. The monoisotopic (exact) mass is 442 g/mol. The molecule has 2 saturated heterocycles. The molecule has 28 heavy (non-hydrogen) atoms. The maximum Gasteiger partial charge on any atom is 0.294 e. The van der Waals surface area contributed by atoms with Gasteiger partial charge in [-0.25, -0.2) is 0 Å². The maximum absolute atomic E-state index is 12.7. The Morgan fingerprint density at radius 3 is 2.50 bits per heavy atom. The predicted octanol–water partition coefficient (Wildman–Crippen LogP) is 4.44. The van der Waals surface area contributed by atoms with Crippen molar-refractivity contribution in [3.05, 3.63) is 32.6 Å². The van der Waals surface area contributed by atoms with Crippen molar-refractivity contribution in [2.24, 2.45) is 0 Å². The Balaban J connectivity index is 1.78. The van der Waals surface area contributed by atoms with Gasteiger partial charge in [0.15, 0.2) is 0 Å². The Bertz CT molecular complexity index is 835. The van der Waals surface area contributed by atoms with E-state index in [9.17, 15) is 14.4 Å². The lowest BCUT2D eigenvalue weighted by atomic mass is 10.2. The van der Waals surface area contributed by atoms with Gasteiger partial charge in [-0.2, -0.15) is 0 Å². The van der Waals surface area contributed by atoms with Crippen LogP contribution in [0, 0.1) is 0 Å². The van der Waals surface area contributed by atoms with Crippen molar-refractivity contribution >= 4 is 58.1 Å². The molecule has 9 heteroatoms. The third kappa shape index (κ3) is 4.64. The Labute approximate surface area is 177 Å². The molecule has 0 aromatic heterocycles. The van der Waals surface area contributed by atoms with E-state index in [4.69, 9.17) is 27.9 Å². The van der Waals surface area contributed by atoms with E-state index in [1.807, 2.05) is 0 Å². The smallest absolute Gasteiger partial charge is 0.294 e. The van der Waals surface area contributed by atoms with Crippen LogP contribution in [0.15, 0.2) is 17.0 Å².